The number of rotatable bonds is 5. The molecule has 3 nitrogen and oxygen atoms in total. The molecule has 1 aromatic carbocycles. The van der Waals surface area contributed by atoms with Crippen molar-refractivity contribution in [2.75, 3.05) is 6.54 Å². The first-order valence-electron chi connectivity index (χ1n) is 8.05. The van der Waals surface area contributed by atoms with Crippen LogP contribution in [0.5, 0.6) is 5.75 Å². The lowest BCUT2D eigenvalue weighted by Crippen LogP contribution is -2.38. The largest absolute Gasteiger partial charge is 0.573 e. The molecule has 0 bridgehead atoms. The maximum absolute atomic E-state index is 12.3. The number of halogens is 3. The highest BCUT2D eigenvalue weighted by molar-refractivity contribution is 7.08. The molecule has 1 heterocycles. The van der Waals surface area contributed by atoms with Gasteiger partial charge in [0.05, 0.1) is 0 Å². The average Bonchev–Trinajstić information content (AvgIpc) is 3.24. The van der Waals surface area contributed by atoms with E-state index in [2.05, 4.69) is 21.5 Å². The Hall–Kier alpha value is -2.02. The van der Waals surface area contributed by atoms with E-state index in [4.69, 9.17) is 0 Å². The van der Waals surface area contributed by atoms with Gasteiger partial charge in [0.1, 0.15) is 5.75 Å². The summed E-state index contributed by atoms with van der Waals surface area (Å²) in [4.78, 5) is 12.3. The topological polar surface area (TPSA) is 38.3 Å². The zero-order valence-electron chi connectivity index (χ0n) is 13.4. The number of hydrogen-bond donors (Lipinski definition) is 1. The third-order valence-electron chi connectivity index (χ3n) is 4.63. The Kier molecular flexibility index (Phi) is 5.03. The highest BCUT2D eigenvalue weighted by Crippen LogP contribution is 2.41. The van der Waals surface area contributed by atoms with Crippen LogP contribution in [0.25, 0.3) is 0 Å². The predicted octanol–water partition coefficient (Wildman–Crippen LogP) is 4.89. The number of thiophene rings is 1. The minimum atomic E-state index is -4.74. The first kappa shape index (κ1) is 17.8. The van der Waals surface area contributed by atoms with Crippen LogP contribution in [0.4, 0.5) is 13.2 Å². The van der Waals surface area contributed by atoms with Gasteiger partial charge in [-0.1, -0.05) is 12.8 Å². The van der Waals surface area contributed by atoms with Gasteiger partial charge < -0.3 is 10.1 Å². The lowest BCUT2D eigenvalue weighted by atomic mass is 9.80. The monoisotopic (exact) mass is 369 g/mol. The van der Waals surface area contributed by atoms with Crippen LogP contribution in [0.2, 0.25) is 0 Å². The van der Waals surface area contributed by atoms with Gasteiger partial charge in [-0.3, -0.25) is 4.79 Å². The van der Waals surface area contributed by atoms with E-state index in [1.165, 1.54) is 17.7 Å². The van der Waals surface area contributed by atoms with Crippen LogP contribution < -0.4 is 10.1 Å². The second-order valence-electron chi connectivity index (χ2n) is 6.25. The van der Waals surface area contributed by atoms with Crippen molar-refractivity contribution < 1.29 is 22.7 Å². The van der Waals surface area contributed by atoms with Crippen molar-refractivity contribution in [3.8, 4) is 5.75 Å². The molecule has 0 radical (unpaired) electrons. The first-order valence-corrected chi connectivity index (χ1v) is 8.99. The van der Waals surface area contributed by atoms with E-state index >= 15 is 0 Å². The second kappa shape index (κ2) is 7.07. The van der Waals surface area contributed by atoms with Gasteiger partial charge in [0.25, 0.3) is 5.91 Å². The lowest BCUT2D eigenvalue weighted by Gasteiger charge is -2.28. The molecule has 7 heteroatoms. The van der Waals surface area contributed by atoms with Crippen LogP contribution >= 0.6 is 11.3 Å². The van der Waals surface area contributed by atoms with Crippen molar-refractivity contribution in [1.29, 1.82) is 0 Å². The Morgan fingerprint density at radius 3 is 2.40 bits per heavy atom. The van der Waals surface area contributed by atoms with Gasteiger partial charge in [0, 0.05) is 17.5 Å². The molecule has 1 aliphatic rings. The normalized spacial score (nSPS) is 16.6. The summed E-state index contributed by atoms with van der Waals surface area (Å²) in [5.74, 6) is -0.630. The standard InChI is InChI=1S/C18H18F3NO2S/c19-18(20,21)24-15-5-3-13(4-6-15)16(23)22-12-17(8-1-2-9-17)14-7-10-25-11-14/h3-7,10-11H,1-2,8-9,12H2,(H,22,23). The molecule has 0 saturated heterocycles. The molecule has 0 aliphatic heterocycles. The highest BCUT2D eigenvalue weighted by Gasteiger charge is 2.36. The summed E-state index contributed by atoms with van der Waals surface area (Å²) in [5, 5.41) is 7.10. The zero-order chi connectivity index (χ0) is 17.9. The van der Waals surface area contributed by atoms with Gasteiger partial charge in [-0.2, -0.15) is 11.3 Å². The Morgan fingerprint density at radius 1 is 1.16 bits per heavy atom. The van der Waals surface area contributed by atoms with Crippen molar-refractivity contribution in [2.45, 2.75) is 37.5 Å². The molecule has 0 atom stereocenters. The van der Waals surface area contributed by atoms with Crippen LogP contribution in [0.3, 0.4) is 0 Å². The number of carbonyl (C=O) groups excluding carboxylic acids is 1. The number of hydrogen-bond acceptors (Lipinski definition) is 3. The number of benzene rings is 1. The summed E-state index contributed by atoms with van der Waals surface area (Å²) >= 11 is 1.64. The Balaban J connectivity index is 1.64. The Morgan fingerprint density at radius 2 is 1.84 bits per heavy atom. The fourth-order valence-corrected chi connectivity index (χ4v) is 4.12. The third-order valence-corrected chi connectivity index (χ3v) is 5.31. The minimum absolute atomic E-state index is 0.0327. The maximum Gasteiger partial charge on any atom is 0.573 e. The number of nitrogens with one attached hydrogen (secondary N) is 1. The maximum atomic E-state index is 12.3. The van der Waals surface area contributed by atoms with E-state index in [1.807, 2.05) is 5.38 Å². The van der Waals surface area contributed by atoms with Gasteiger partial charge in [0.2, 0.25) is 0 Å². The molecule has 1 aliphatic carbocycles. The van der Waals surface area contributed by atoms with Crippen molar-refractivity contribution in [1.82, 2.24) is 5.32 Å². The number of alkyl halides is 3. The van der Waals surface area contributed by atoms with Crippen LogP contribution in [-0.4, -0.2) is 18.8 Å². The molecule has 1 N–H and O–H groups in total. The molecule has 1 aromatic heterocycles. The molecule has 3 rings (SSSR count). The number of carbonyl (C=O) groups is 1. The molecule has 134 valence electrons. The van der Waals surface area contributed by atoms with Crippen LogP contribution in [-0.2, 0) is 5.41 Å². The van der Waals surface area contributed by atoms with Gasteiger partial charge in [0.15, 0.2) is 0 Å². The second-order valence-corrected chi connectivity index (χ2v) is 7.03. The van der Waals surface area contributed by atoms with E-state index in [-0.39, 0.29) is 17.1 Å². The molecule has 1 amide bonds. The summed E-state index contributed by atoms with van der Waals surface area (Å²) in [7, 11) is 0. The summed E-state index contributed by atoms with van der Waals surface area (Å²) < 4.78 is 40.3. The van der Waals surface area contributed by atoms with Crippen molar-refractivity contribution in [3.63, 3.8) is 0 Å². The van der Waals surface area contributed by atoms with Crippen molar-refractivity contribution in [2.24, 2.45) is 0 Å². The summed E-state index contributed by atoms with van der Waals surface area (Å²) in [6.45, 7) is 0.531. The predicted molar refractivity (Wildman–Crippen MR) is 89.9 cm³/mol. The number of ether oxygens (including phenoxy) is 1. The van der Waals surface area contributed by atoms with Crippen LogP contribution in [0.1, 0.15) is 41.6 Å². The molecule has 25 heavy (non-hydrogen) atoms. The lowest BCUT2D eigenvalue weighted by molar-refractivity contribution is -0.274. The summed E-state index contributed by atoms with van der Waals surface area (Å²) in [5.41, 5.74) is 1.53. The Labute approximate surface area is 147 Å². The van der Waals surface area contributed by atoms with Gasteiger partial charge in [-0.15, -0.1) is 13.2 Å². The van der Waals surface area contributed by atoms with Crippen LogP contribution in [0.15, 0.2) is 41.1 Å². The van der Waals surface area contributed by atoms with Gasteiger partial charge >= 0.3 is 6.36 Å². The average molecular weight is 369 g/mol. The van der Waals surface area contributed by atoms with Gasteiger partial charge in [-0.05, 0) is 59.5 Å². The van der Waals surface area contributed by atoms with Crippen molar-refractivity contribution >= 4 is 17.2 Å². The minimum Gasteiger partial charge on any atom is -0.406 e. The van der Waals surface area contributed by atoms with E-state index in [9.17, 15) is 18.0 Å². The smallest absolute Gasteiger partial charge is 0.406 e. The Bertz CT molecular complexity index is 705. The molecule has 0 unspecified atom stereocenters. The third kappa shape index (κ3) is 4.34. The van der Waals surface area contributed by atoms with E-state index in [0.717, 1.165) is 37.8 Å². The van der Waals surface area contributed by atoms with E-state index in [0.29, 0.717) is 12.1 Å². The zero-order valence-corrected chi connectivity index (χ0v) is 14.3. The van der Waals surface area contributed by atoms with Crippen LogP contribution in [0, 0.1) is 0 Å². The molecule has 1 saturated carbocycles. The first-order chi connectivity index (χ1) is 11.9. The molecular formula is C18H18F3NO2S. The molecule has 2 aromatic rings. The quantitative estimate of drug-likeness (QED) is 0.815. The highest BCUT2D eigenvalue weighted by atomic mass is 32.1. The summed E-state index contributed by atoms with van der Waals surface area (Å²) in [6.07, 6.45) is -0.408. The fourth-order valence-electron chi connectivity index (χ4n) is 3.35. The SMILES string of the molecule is O=C(NCC1(c2ccsc2)CCCC1)c1ccc(OC(F)(F)F)cc1. The van der Waals surface area contributed by atoms with E-state index in [1.54, 1.807) is 11.3 Å². The fraction of sp³-hybridized carbons (Fsp3) is 0.389. The van der Waals surface area contributed by atoms with Gasteiger partial charge in [-0.25, -0.2) is 0 Å². The molecule has 0 spiro atoms. The molecular weight excluding hydrogens is 351 g/mol. The van der Waals surface area contributed by atoms with Crippen molar-refractivity contribution in [3.05, 3.63) is 52.2 Å². The number of amides is 1. The summed E-state index contributed by atoms with van der Waals surface area (Å²) in [6, 6.07) is 7.06. The molecule has 1 fully saturated rings. The van der Waals surface area contributed by atoms with E-state index < -0.39 is 6.36 Å².